The highest BCUT2D eigenvalue weighted by molar-refractivity contribution is 6.30. The molecule has 1 aliphatic heterocycles. The van der Waals surface area contributed by atoms with Gasteiger partial charge in [-0.25, -0.2) is 4.79 Å². The van der Waals surface area contributed by atoms with Crippen LogP contribution in [0.3, 0.4) is 0 Å². The summed E-state index contributed by atoms with van der Waals surface area (Å²) in [6, 6.07) is 7.08. The summed E-state index contributed by atoms with van der Waals surface area (Å²) in [7, 11) is 1.82. The maximum Gasteiger partial charge on any atom is 0.415 e. The zero-order valence-corrected chi connectivity index (χ0v) is 18.4. The molecule has 0 atom stereocenters. The van der Waals surface area contributed by atoms with Crippen LogP contribution in [0.25, 0.3) is 0 Å². The van der Waals surface area contributed by atoms with Crippen molar-refractivity contribution in [1.82, 2.24) is 9.80 Å². The SMILES string of the molecule is CN(C(=O)Oc1ccc(Cl)cc1)C1CCC(OCCCCN2CCCCC2)CC1. The summed E-state index contributed by atoms with van der Waals surface area (Å²) in [5, 5.41) is 0.628. The molecule has 2 fully saturated rings. The van der Waals surface area contributed by atoms with E-state index in [0.717, 1.165) is 38.7 Å². The first-order valence-corrected chi connectivity index (χ1v) is 11.5. The molecule has 1 aromatic carbocycles. The number of ether oxygens (including phenoxy) is 2. The molecule has 0 N–H and O–H groups in total. The van der Waals surface area contributed by atoms with E-state index in [4.69, 9.17) is 21.1 Å². The number of piperidine rings is 1. The first-order valence-electron chi connectivity index (χ1n) is 11.2. The van der Waals surface area contributed by atoms with Crippen LogP contribution in [0.15, 0.2) is 24.3 Å². The van der Waals surface area contributed by atoms with E-state index in [1.54, 1.807) is 29.2 Å². The van der Waals surface area contributed by atoms with Crippen molar-refractivity contribution in [3.8, 4) is 5.75 Å². The third-order valence-electron chi connectivity index (χ3n) is 6.17. The van der Waals surface area contributed by atoms with Gasteiger partial charge >= 0.3 is 6.09 Å². The van der Waals surface area contributed by atoms with Crippen LogP contribution < -0.4 is 4.74 Å². The van der Waals surface area contributed by atoms with Gasteiger partial charge in [-0.05, 0) is 95.3 Å². The molecule has 29 heavy (non-hydrogen) atoms. The number of benzene rings is 1. The van der Waals surface area contributed by atoms with E-state index in [2.05, 4.69) is 4.90 Å². The molecule has 0 unspecified atom stereocenters. The van der Waals surface area contributed by atoms with Crippen molar-refractivity contribution < 1.29 is 14.3 Å². The number of carbonyl (C=O) groups excluding carboxylic acids is 1. The topological polar surface area (TPSA) is 42.0 Å². The van der Waals surface area contributed by atoms with Crippen LogP contribution in [-0.2, 0) is 4.74 Å². The van der Waals surface area contributed by atoms with Gasteiger partial charge in [-0.15, -0.1) is 0 Å². The molecular weight excluding hydrogens is 388 g/mol. The molecule has 6 heteroatoms. The molecule has 0 spiro atoms. The number of halogens is 1. The Balaban J connectivity index is 1.28. The summed E-state index contributed by atoms with van der Waals surface area (Å²) in [6.07, 6.45) is 10.5. The predicted octanol–water partition coefficient (Wildman–Crippen LogP) is 5.36. The Bertz CT molecular complexity index is 611. The van der Waals surface area contributed by atoms with E-state index < -0.39 is 0 Å². The summed E-state index contributed by atoms with van der Waals surface area (Å²) in [6.45, 7) is 4.63. The molecule has 0 aromatic heterocycles. The van der Waals surface area contributed by atoms with Crippen LogP contribution >= 0.6 is 11.6 Å². The Morgan fingerprint density at radius 2 is 1.76 bits per heavy atom. The smallest absolute Gasteiger partial charge is 0.410 e. The molecule has 1 heterocycles. The Morgan fingerprint density at radius 3 is 2.45 bits per heavy atom. The largest absolute Gasteiger partial charge is 0.415 e. The van der Waals surface area contributed by atoms with E-state index in [1.807, 2.05) is 7.05 Å². The number of hydrogen-bond acceptors (Lipinski definition) is 4. The fraction of sp³-hybridized carbons (Fsp3) is 0.696. The monoisotopic (exact) mass is 422 g/mol. The van der Waals surface area contributed by atoms with Gasteiger partial charge in [-0.1, -0.05) is 18.0 Å². The standard InChI is InChI=1S/C23H35ClN2O3/c1-25(23(27)29-22-11-7-19(24)8-12-22)20-9-13-21(14-10-20)28-18-6-5-17-26-15-3-2-4-16-26/h7-8,11-12,20-21H,2-6,9-10,13-18H2,1H3. The maximum atomic E-state index is 12.4. The van der Waals surface area contributed by atoms with Gasteiger partial charge in [0, 0.05) is 24.7 Å². The van der Waals surface area contributed by atoms with Crippen molar-refractivity contribution in [3.63, 3.8) is 0 Å². The van der Waals surface area contributed by atoms with Crippen LogP contribution in [-0.4, -0.2) is 61.3 Å². The highest BCUT2D eigenvalue weighted by Crippen LogP contribution is 2.26. The normalized spacial score (nSPS) is 23.0. The van der Waals surface area contributed by atoms with E-state index >= 15 is 0 Å². The van der Waals surface area contributed by atoms with Crippen molar-refractivity contribution in [3.05, 3.63) is 29.3 Å². The van der Waals surface area contributed by atoms with Crippen molar-refractivity contribution in [2.24, 2.45) is 0 Å². The fourth-order valence-electron chi connectivity index (χ4n) is 4.29. The van der Waals surface area contributed by atoms with Crippen LogP contribution in [0, 0.1) is 0 Å². The molecule has 1 aliphatic carbocycles. The number of rotatable bonds is 8. The van der Waals surface area contributed by atoms with E-state index in [-0.39, 0.29) is 12.1 Å². The highest BCUT2D eigenvalue weighted by Gasteiger charge is 2.28. The maximum absolute atomic E-state index is 12.4. The number of nitrogens with zero attached hydrogens (tertiary/aromatic N) is 2. The lowest BCUT2D eigenvalue weighted by Crippen LogP contribution is -2.42. The minimum atomic E-state index is -0.311. The van der Waals surface area contributed by atoms with Crippen molar-refractivity contribution in [2.75, 3.05) is 33.3 Å². The Hall–Kier alpha value is -1.30. The average molecular weight is 423 g/mol. The average Bonchev–Trinajstić information content (AvgIpc) is 2.76. The fourth-order valence-corrected chi connectivity index (χ4v) is 4.42. The third-order valence-corrected chi connectivity index (χ3v) is 6.42. The highest BCUT2D eigenvalue weighted by atomic mass is 35.5. The quantitative estimate of drug-likeness (QED) is 0.528. The minimum Gasteiger partial charge on any atom is -0.410 e. The summed E-state index contributed by atoms with van der Waals surface area (Å²) in [5.41, 5.74) is 0. The number of unbranched alkanes of at least 4 members (excludes halogenated alkanes) is 1. The molecular formula is C23H35ClN2O3. The molecule has 5 nitrogen and oxygen atoms in total. The molecule has 0 radical (unpaired) electrons. The van der Waals surface area contributed by atoms with E-state index in [9.17, 15) is 4.79 Å². The van der Waals surface area contributed by atoms with Crippen LogP contribution in [0.1, 0.15) is 57.8 Å². The Morgan fingerprint density at radius 1 is 1.07 bits per heavy atom. The van der Waals surface area contributed by atoms with Gasteiger partial charge in [0.05, 0.1) is 6.10 Å². The van der Waals surface area contributed by atoms with E-state index in [0.29, 0.717) is 16.9 Å². The first kappa shape index (κ1) is 22.4. The summed E-state index contributed by atoms with van der Waals surface area (Å²) in [5.74, 6) is 0.521. The molecule has 1 saturated carbocycles. The lowest BCUT2D eigenvalue weighted by atomic mass is 9.92. The summed E-state index contributed by atoms with van der Waals surface area (Å²) >= 11 is 5.87. The number of amides is 1. The molecule has 2 aliphatic rings. The molecule has 1 aromatic rings. The molecule has 0 bridgehead atoms. The minimum absolute atomic E-state index is 0.216. The molecule has 3 rings (SSSR count). The van der Waals surface area contributed by atoms with Crippen LogP contribution in [0.2, 0.25) is 5.02 Å². The van der Waals surface area contributed by atoms with Gasteiger partial charge in [0.15, 0.2) is 0 Å². The van der Waals surface area contributed by atoms with Crippen molar-refractivity contribution in [1.29, 1.82) is 0 Å². The molecule has 1 amide bonds. The van der Waals surface area contributed by atoms with Crippen LogP contribution in [0.5, 0.6) is 5.75 Å². The second-order valence-electron chi connectivity index (χ2n) is 8.34. The third kappa shape index (κ3) is 7.47. The second-order valence-corrected chi connectivity index (χ2v) is 8.78. The van der Waals surface area contributed by atoms with Crippen molar-refractivity contribution in [2.45, 2.75) is 69.9 Å². The predicted molar refractivity (Wildman–Crippen MR) is 117 cm³/mol. The first-order chi connectivity index (χ1) is 14.1. The van der Waals surface area contributed by atoms with Crippen LogP contribution in [0.4, 0.5) is 4.79 Å². The van der Waals surface area contributed by atoms with Gasteiger partial charge in [0.2, 0.25) is 0 Å². The number of likely N-dealkylation sites (tertiary alicyclic amines) is 1. The molecule has 1 saturated heterocycles. The zero-order chi connectivity index (χ0) is 20.5. The Kier molecular flexibility index (Phi) is 9.09. The summed E-state index contributed by atoms with van der Waals surface area (Å²) in [4.78, 5) is 16.7. The van der Waals surface area contributed by atoms with Crippen molar-refractivity contribution >= 4 is 17.7 Å². The molecule has 162 valence electrons. The van der Waals surface area contributed by atoms with E-state index in [1.165, 1.54) is 45.3 Å². The van der Waals surface area contributed by atoms with Gasteiger partial charge < -0.3 is 19.3 Å². The summed E-state index contributed by atoms with van der Waals surface area (Å²) < 4.78 is 11.5. The lowest BCUT2D eigenvalue weighted by Gasteiger charge is -2.34. The number of hydrogen-bond donors (Lipinski definition) is 0. The van der Waals surface area contributed by atoms with Gasteiger partial charge in [0.1, 0.15) is 5.75 Å². The van der Waals surface area contributed by atoms with Gasteiger partial charge in [-0.2, -0.15) is 0 Å². The second kappa shape index (κ2) is 11.8. The lowest BCUT2D eigenvalue weighted by molar-refractivity contribution is 0.00980. The zero-order valence-electron chi connectivity index (χ0n) is 17.7. The Labute approximate surface area is 180 Å². The van der Waals surface area contributed by atoms with Gasteiger partial charge in [0.25, 0.3) is 0 Å². The van der Waals surface area contributed by atoms with Gasteiger partial charge in [-0.3, -0.25) is 0 Å². The number of carbonyl (C=O) groups is 1.